The fourth-order valence-corrected chi connectivity index (χ4v) is 1.14. The van der Waals surface area contributed by atoms with Gasteiger partial charge in [0.05, 0.1) is 25.5 Å². The van der Waals surface area contributed by atoms with Gasteiger partial charge >= 0.3 is 12.0 Å². The van der Waals surface area contributed by atoms with Gasteiger partial charge in [0.1, 0.15) is 0 Å². The molecule has 0 unspecified atom stereocenters. The maximum Gasteiger partial charge on any atom is 0.317 e. The Morgan fingerprint density at radius 3 is 2.88 bits per heavy atom. The van der Waals surface area contributed by atoms with Gasteiger partial charge in [0, 0.05) is 19.2 Å². The van der Waals surface area contributed by atoms with E-state index in [4.69, 9.17) is 9.52 Å². The largest absolute Gasteiger partial charge is 0.481 e. The molecule has 88 valence electrons. The average molecular weight is 226 g/mol. The van der Waals surface area contributed by atoms with Crippen molar-refractivity contribution in [1.82, 2.24) is 10.2 Å². The summed E-state index contributed by atoms with van der Waals surface area (Å²) in [6.45, 7) is 0.555. The summed E-state index contributed by atoms with van der Waals surface area (Å²) in [4.78, 5) is 23.1. The number of carbonyl (C=O) groups is 2. The maximum absolute atomic E-state index is 11.4. The van der Waals surface area contributed by atoms with E-state index in [1.165, 1.54) is 11.2 Å². The van der Waals surface area contributed by atoms with E-state index in [1.807, 2.05) is 0 Å². The zero-order valence-corrected chi connectivity index (χ0v) is 8.97. The van der Waals surface area contributed by atoms with Gasteiger partial charge < -0.3 is 19.7 Å². The first-order valence-electron chi connectivity index (χ1n) is 4.81. The molecule has 16 heavy (non-hydrogen) atoms. The van der Waals surface area contributed by atoms with Crippen molar-refractivity contribution in [2.75, 3.05) is 13.6 Å². The summed E-state index contributed by atoms with van der Waals surface area (Å²) in [6.07, 6.45) is 3.01. The highest BCUT2D eigenvalue weighted by Gasteiger charge is 2.09. The third-order valence-corrected chi connectivity index (χ3v) is 1.96. The lowest BCUT2D eigenvalue weighted by atomic mass is 10.3. The van der Waals surface area contributed by atoms with Crippen LogP contribution in [0.15, 0.2) is 23.0 Å². The molecular weight excluding hydrogens is 212 g/mol. The van der Waals surface area contributed by atoms with Crippen molar-refractivity contribution < 1.29 is 19.1 Å². The van der Waals surface area contributed by atoms with E-state index in [0.29, 0.717) is 6.54 Å². The van der Waals surface area contributed by atoms with Crippen molar-refractivity contribution in [3.63, 3.8) is 0 Å². The average Bonchev–Trinajstić information content (AvgIpc) is 2.69. The third kappa shape index (κ3) is 4.04. The number of carboxylic acid groups (broad SMARTS) is 1. The first-order chi connectivity index (χ1) is 7.59. The van der Waals surface area contributed by atoms with Gasteiger partial charge in [-0.15, -0.1) is 0 Å². The van der Waals surface area contributed by atoms with Crippen LogP contribution in [0.25, 0.3) is 0 Å². The van der Waals surface area contributed by atoms with Crippen molar-refractivity contribution in [2.45, 2.75) is 13.0 Å². The summed E-state index contributed by atoms with van der Waals surface area (Å²) >= 11 is 0. The lowest BCUT2D eigenvalue weighted by molar-refractivity contribution is -0.136. The number of furan rings is 1. The van der Waals surface area contributed by atoms with Crippen LogP contribution in [0.3, 0.4) is 0 Å². The molecule has 0 aliphatic rings. The topological polar surface area (TPSA) is 82.8 Å². The second-order valence-electron chi connectivity index (χ2n) is 3.36. The molecule has 0 saturated heterocycles. The number of amides is 2. The summed E-state index contributed by atoms with van der Waals surface area (Å²) < 4.78 is 4.87. The van der Waals surface area contributed by atoms with E-state index in [1.54, 1.807) is 19.4 Å². The standard InChI is InChI=1S/C10H14N2O4/c1-12(6-8-3-5-16-7-8)10(15)11-4-2-9(13)14/h3,5,7H,2,4,6H2,1H3,(H,11,15)(H,13,14). The molecule has 2 N–H and O–H groups in total. The number of carboxylic acids is 1. The van der Waals surface area contributed by atoms with Crippen LogP contribution in [0.2, 0.25) is 0 Å². The summed E-state index contributed by atoms with van der Waals surface area (Å²) in [5.74, 6) is -0.933. The SMILES string of the molecule is CN(Cc1ccoc1)C(=O)NCCC(=O)O. The molecule has 1 aromatic heterocycles. The van der Waals surface area contributed by atoms with Crippen LogP contribution >= 0.6 is 0 Å². The molecule has 6 heteroatoms. The summed E-state index contributed by atoms with van der Waals surface area (Å²) in [5.41, 5.74) is 0.885. The number of carbonyl (C=O) groups excluding carboxylic acids is 1. The highest BCUT2D eigenvalue weighted by Crippen LogP contribution is 2.03. The molecular formula is C10H14N2O4. The van der Waals surface area contributed by atoms with Crippen LogP contribution in [0, 0.1) is 0 Å². The Morgan fingerprint density at radius 1 is 1.56 bits per heavy atom. The van der Waals surface area contributed by atoms with E-state index < -0.39 is 5.97 Å². The Bertz CT molecular complexity index is 348. The predicted octanol–water partition coefficient (Wildman–Crippen LogP) is 0.896. The number of urea groups is 1. The molecule has 0 saturated carbocycles. The fraction of sp³-hybridized carbons (Fsp3) is 0.400. The zero-order valence-electron chi connectivity index (χ0n) is 8.97. The van der Waals surface area contributed by atoms with E-state index in [9.17, 15) is 9.59 Å². The van der Waals surface area contributed by atoms with E-state index >= 15 is 0 Å². The van der Waals surface area contributed by atoms with E-state index in [2.05, 4.69) is 5.32 Å². The second-order valence-corrected chi connectivity index (χ2v) is 3.36. The van der Waals surface area contributed by atoms with Crippen molar-refractivity contribution in [1.29, 1.82) is 0 Å². The van der Waals surface area contributed by atoms with Gasteiger partial charge in [-0.25, -0.2) is 4.79 Å². The van der Waals surface area contributed by atoms with Crippen LogP contribution in [0.4, 0.5) is 4.79 Å². The molecule has 0 bridgehead atoms. The van der Waals surface area contributed by atoms with Gasteiger partial charge in [0.25, 0.3) is 0 Å². The highest BCUT2D eigenvalue weighted by molar-refractivity contribution is 5.74. The summed E-state index contributed by atoms with van der Waals surface area (Å²) in [5, 5.41) is 10.9. The van der Waals surface area contributed by atoms with E-state index in [-0.39, 0.29) is 19.0 Å². The number of nitrogens with zero attached hydrogens (tertiary/aromatic N) is 1. The maximum atomic E-state index is 11.4. The molecule has 0 atom stereocenters. The minimum Gasteiger partial charge on any atom is -0.481 e. The Labute approximate surface area is 92.8 Å². The van der Waals surface area contributed by atoms with Crippen molar-refractivity contribution >= 4 is 12.0 Å². The van der Waals surface area contributed by atoms with Crippen molar-refractivity contribution in [3.05, 3.63) is 24.2 Å². The van der Waals surface area contributed by atoms with Crippen LogP contribution < -0.4 is 5.32 Å². The number of hydrogen-bond acceptors (Lipinski definition) is 3. The van der Waals surface area contributed by atoms with Gasteiger partial charge in [-0.2, -0.15) is 0 Å². The smallest absolute Gasteiger partial charge is 0.317 e. The first-order valence-corrected chi connectivity index (χ1v) is 4.81. The Hall–Kier alpha value is -1.98. The molecule has 0 radical (unpaired) electrons. The Morgan fingerprint density at radius 2 is 2.31 bits per heavy atom. The molecule has 1 aromatic rings. The Balaban J connectivity index is 2.28. The normalized spacial score (nSPS) is 9.81. The third-order valence-electron chi connectivity index (χ3n) is 1.96. The van der Waals surface area contributed by atoms with Gasteiger partial charge in [-0.1, -0.05) is 0 Å². The van der Waals surface area contributed by atoms with Crippen LogP contribution in [-0.4, -0.2) is 35.6 Å². The van der Waals surface area contributed by atoms with Gasteiger partial charge in [0.2, 0.25) is 0 Å². The van der Waals surface area contributed by atoms with Gasteiger partial charge in [-0.05, 0) is 6.07 Å². The quantitative estimate of drug-likeness (QED) is 0.781. The molecule has 0 aromatic carbocycles. The van der Waals surface area contributed by atoms with Gasteiger partial charge in [0.15, 0.2) is 0 Å². The zero-order chi connectivity index (χ0) is 12.0. The molecule has 6 nitrogen and oxygen atoms in total. The summed E-state index contributed by atoms with van der Waals surface area (Å²) in [7, 11) is 1.63. The van der Waals surface area contributed by atoms with Crippen molar-refractivity contribution in [2.24, 2.45) is 0 Å². The second kappa shape index (κ2) is 5.79. The molecule has 1 rings (SSSR count). The van der Waals surface area contributed by atoms with Crippen LogP contribution in [0.1, 0.15) is 12.0 Å². The van der Waals surface area contributed by atoms with Gasteiger partial charge in [-0.3, -0.25) is 4.79 Å². The Kier molecular flexibility index (Phi) is 4.38. The fourth-order valence-electron chi connectivity index (χ4n) is 1.14. The lowest BCUT2D eigenvalue weighted by Crippen LogP contribution is -2.37. The monoisotopic (exact) mass is 226 g/mol. The van der Waals surface area contributed by atoms with Crippen LogP contribution in [-0.2, 0) is 11.3 Å². The minimum atomic E-state index is -0.933. The minimum absolute atomic E-state index is 0.0781. The van der Waals surface area contributed by atoms with E-state index in [0.717, 1.165) is 5.56 Å². The molecule has 0 fully saturated rings. The highest BCUT2D eigenvalue weighted by atomic mass is 16.4. The number of aliphatic carboxylic acids is 1. The molecule has 1 heterocycles. The molecule has 0 aliphatic heterocycles. The number of rotatable bonds is 5. The lowest BCUT2D eigenvalue weighted by Gasteiger charge is -2.16. The molecule has 2 amide bonds. The van der Waals surface area contributed by atoms with Crippen LogP contribution in [0.5, 0.6) is 0 Å². The molecule has 0 aliphatic carbocycles. The first kappa shape index (κ1) is 12.1. The summed E-state index contributed by atoms with van der Waals surface area (Å²) in [6, 6.07) is 1.46. The predicted molar refractivity (Wildman–Crippen MR) is 55.8 cm³/mol. The number of hydrogen-bond donors (Lipinski definition) is 2. The molecule has 0 spiro atoms. The van der Waals surface area contributed by atoms with Crippen molar-refractivity contribution in [3.8, 4) is 0 Å². The number of nitrogens with one attached hydrogen (secondary N) is 1.